The highest BCUT2D eigenvalue weighted by Gasteiger charge is 2.59. The molecule has 4 heteroatoms. The standard InChI is InChI=1S/C23H14BrNO2/c24-17-12-10-15-11-13-21(26)23(19(15)14-17)18-8-4-5-9-20(18)25(27)22(23)16-6-2-1-3-7-16/h1-14H/t23-/m1/s1. The molecule has 2 aliphatic rings. The molecule has 1 aliphatic heterocycles. The second-order valence-corrected chi connectivity index (χ2v) is 7.62. The average Bonchev–Trinajstić information content (AvgIpc) is 2.96. The summed E-state index contributed by atoms with van der Waals surface area (Å²) in [6, 6.07) is 22.7. The highest BCUT2D eigenvalue weighted by atomic mass is 79.9. The number of rotatable bonds is 1. The number of benzene rings is 3. The molecule has 130 valence electrons. The van der Waals surface area contributed by atoms with E-state index in [9.17, 15) is 10.0 Å². The van der Waals surface area contributed by atoms with Gasteiger partial charge in [0, 0.05) is 16.1 Å². The Balaban J connectivity index is 1.96. The van der Waals surface area contributed by atoms with Gasteiger partial charge in [-0.05, 0) is 41.5 Å². The van der Waals surface area contributed by atoms with Gasteiger partial charge in [0.1, 0.15) is 0 Å². The van der Waals surface area contributed by atoms with Crippen molar-refractivity contribution in [3.8, 4) is 0 Å². The lowest BCUT2D eigenvalue weighted by atomic mass is 9.64. The van der Waals surface area contributed by atoms with Crippen LogP contribution in [0.25, 0.3) is 6.08 Å². The molecule has 0 N–H and O–H groups in total. The first kappa shape index (κ1) is 16.2. The summed E-state index contributed by atoms with van der Waals surface area (Å²) in [6.07, 6.45) is 3.42. The molecular formula is C23H14BrNO2. The molecule has 0 aromatic heterocycles. The summed E-state index contributed by atoms with van der Waals surface area (Å²) in [5, 5.41) is 13.4. The smallest absolute Gasteiger partial charge is 0.223 e. The van der Waals surface area contributed by atoms with E-state index in [1.807, 2.05) is 72.8 Å². The lowest BCUT2D eigenvalue weighted by Gasteiger charge is -2.31. The number of halogens is 1. The van der Waals surface area contributed by atoms with E-state index in [0.29, 0.717) is 11.4 Å². The van der Waals surface area contributed by atoms with Crippen LogP contribution in [0.2, 0.25) is 0 Å². The third-order valence-corrected chi connectivity index (χ3v) is 5.83. The number of hydrogen-bond donors (Lipinski definition) is 0. The van der Waals surface area contributed by atoms with Crippen LogP contribution >= 0.6 is 15.9 Å². The van der Waals surface area contributed by atoms with Crippen molar-refractivity contribution < 1.29 is 9.53 Å². The normalized spacial score (nSPS) is 20.1. The minimum absolute atomic E-state index is 0.0993. The van der Waals surface area contributed by atoms with Crippen LogP contribution in [0.3, 0.4) is 0 Å². The van der Waals surface area contributed by atoms with Gasteiger partial charge >= 0.3 is 0 Å². The minimum Gasteiger partial charge on any atom is -0.618 e. The van der Waals surface area contributed by atoms with Gasteiger partial charge in [-0.2, -0.15) is 4.74 Å². The third-order valence-electron chi connectivity index (χ3n) is 5.34. The second-order valence-electron chi connectivity index (χ2n) is 6.71. The number of hydrogen-bond acceptors (Lipinski definition) is 2. The van der Waals surface area contributed by atoms with E-state index in [0.717, 1.165) is 31.5 Å². The van der Waals surface area contributed by atoms with Crippen LogP contribution in [0.4, 0.5) is 5.69 Å². The Kier molecular flexibility index (Phi) is 3.46. The van der Waals surface area contributed by atoms with Crippen LogP contribution in [-0.4, -0.2) is 16.2 Å². The van der Waals surface area contributed by atoms with Crippen molar-refractivity contribution in [3.63, 3.8) is 0 Å². The van der Waals surface area contributed by atoms with Crippen molar-refractivity contribution in [2.75, 3.05) is 0 Å². The maximum atomic E-state index is 13.5. The number of carbonyl (C=O) groups is 1. The number of nitrogens with zero attached hydrogens (tertiary/aromatic N) is 1. The average molecular weight is 416 g/mol. The van der Waals surface area contributed by atoms with Gasteiger partial charge in [0.15, 0.2) is 11.2 Å². The van der Waals surface area contributed by atoms with E-state index in [1.54, 1.807) is 12.1 Å². The molecule has 0 amide bonds. The number of para-hydroxylation sites is 1. The van der Waals surface area contributed by atoms with Gasteiger partial charge in [-0.25, -0.2) is 0 Å². The maximum Gasteiger partial charge on any atom is 0.223 e. The number of fused-ring (bicyclic) bond motifs is 4. The fourth-order valence-corrected chi connectivity index (χ4v) is 4.60. The quantitative estimate of drug-likeness (QED) is 0.415. The molecule has 3 nitrogen and oxygen atoms in total. The fourth-order valence-electron chi connectivity index (χ4n) is 4.24. The molecule has 1 atom stereocenters. The Labute approximate surface area is 165 Å². The van der Waals surface area contributed by atoms with Crippen LogP contribution in [0.5, 0.6) is 0 Å². The van der Waals surface area contributed by atoms with Gasteiger partial charge in [-0.15, -0.1) is 0 Å². The summed E-state index contributed by atoms with van der Waals surface area (Å²) < 4.78 is 1.80. The topological polar surface area (TPSA) is 43.1 Å². The van der Waals surface area contributed by atoms with E-state index in [1.165, 1.54) is 0 Å². The predicted octanol–water partition coefficient (Wildman–Crippen LogP) is 4.98. The van der Waals surface area contributed by atoms with Crippen LogP contribution in [-0.2, 0) is 10.2 Å². The van der Waals surface area contributed by atoms with Gasteiger partial charge in [0.25, 0.3) is 0 Å². The summed E-state index contributed by atoms with van der Waals surface area (Å²) >= 11 is 3.54. The zero-order chi connectivity index (χ0) is 18.6. The third kappa shape index (κ3) is 2.07. The molecule has 1 aliphatic carbocycles. The number of allylic oxidation sites excluding steroid dienone is 1. The van der Waals surface area contributed by atoms with Crippen LogP contribution < -0.4 is 0 Å². The van der Waals surface area contributed by atoms with Crippen molar-refractivity contribution in [1.29, 1.82) is 0 Å². The van der Waals surface area contributed by atoms with Crippen molar-refractivity contribution in [2.24, 2.45) is 0 Å². The molecule has 5 rings (SSSR count). The molecule has 0 bridgehead atoms. The van der Waals surface area contributed by atoms with Gasteiger partial charge in [-0.3, -0.25) is 4.79 Å². The van der Waals surface area contributed by atoms with Crippen LogP contribution in [0, 0.1) is 5.21 Å². The summed E-state index contributed by atoms with van der Waals surface area (Å²) in [5.74, 6) is -0.0993. The number of ketones is 1. The molecule has 0 saturated heterocycles. The Hall–Kier alpha value is -2.98. The van der Waals surface area contributed by atoms with E-state index >= 15 is 0 Å². The summed E-state index contributed by atoms with van der Waals surface area (Å²) in [6.45, 7) is 0. The molecule has 0 radical (unpaired) electrons. The maximum absolute atomic E-state index is 13.5. The SMILES string of the molecule is O=C1C=Cc2ccc(Br)cc2[C@@]12C(c1ccccc1)=[N+]([O-])c1ccccc12. The Bertz CT molecular complexity index is 1160. The monoisotopic (exact) mass is 415 g/mol. The Morgan fingerprint density at radius 1 is 0.852 bits per heavy atom. The van der Waals surface area contributed by atoms with E-state index < -0.39 is 5.41 Å². The van der Waals surface area contributed by atoms with Crippen LogP contribution in [0.15, 0.2) is 83.3 Å². The molecule has 1 heterocycles. The van der Waals surface area contributed by atoms with E-state index in [4.69, 9.17) is 0 Å². The zero-order valence-electron chi connectivity index (χ0n) is 14.2. The Morgan fingerprint density at radius 2 is 1.59 bits per heavy atom. The zero-order valence-corrected chi connectivity index (χ0v) is 15.8. The second kappa shape index (κ2) is 5.76. The molecular weight excluding hydrogens is 402 g/mol. The molecule has 0 saturated carbocycles. The van der Waals surface area contributed by atoms with Gasteiger partial charge < -0.3 is 5.21 Å². The number of carbonyl (C=O) groups excluding carboxylic acids is 1. The van der Waals surface area contributed by atoms with Crippen molar-refractivity contribution in [3.05, 3.63) is 111 Å². The van der Waals surface area contributed by atoms with Gasteiger partial charge in [0.2, 0.25) is 11.4 Å². The Morgan fingerprint density at radius 3 is 2.41 bits per heavy atom. The summed E-state index contributed by atoms with van der Waals surface area (Å²) in [7, 11) is 0. The predicted molar refractivity (Wildman–Crippen MR) is 109 cm³/mol. The summed E-state index contributed by atoms with van der Waals surface area (Å²) in [4.78, 5) is 13.5. The molecule has 3 aromatic rings. The summed E-state index contributed by atoms with van der Waals surface area (Å²) in [5.41, 5.74) is 3.08. The first-order valence-electron chi connectivity index (χ1n) is 8.66. The molecule has 0 fully saturated rings. The van der Waals surface area contributed by atoms with Gasteiger partial charge in [-0.1, -0.05) is 64.5 Å². The molecule has 1 spiro atoms. The largest absolute Gasteiger partial charge is 0.618 e. The highest BCUT2D eigenvalue weighted by Crippen LogP contribution is 2.50. The molecule has 3 aromatic carbocycles. The van der Waals surface area contributed by atoms with E-state index in [2.05, 4.69) is 15.9 Å². The lowest BCUT2D eigenvalue weighted by Crippen LogP contribution is -2.45. The fraction of sp³-hybridized carbons (Fsp3) is 0.0435. The minimum atomic E-state index is -1.15. The lowest BCUT2D eigenvalue weighted by molar-refractivity contribution is -0.357. The van der Waals surface area contributed by atoms with E-state index in [-0.39, 0.29) is 5.78 Å². The molecule has 0 unspecified atom stereocenters. The first-order chi connectivity index (χ1) is 13.1. The van der Waals surface area contributed by atoms with Gasteiger partial charge in [0.05, 0.1) is 5.56 Å². The highest BCUT2D eigenvalue weighted by molar-refractivity contribution is 9.10. The van der Waals surface area contributed by atoms with Crippen molar-refractivity contribution >= 4 is 39.2 Å². The van der Waals surface area contributed by atoms with Crippen molar-refractivity contribution in [1.82, 2.24) is 0 Å². The first-order valence-corrected chi connectivity index (χ1v) is 9.45. The van der Waals surface area contributed by atoms with Crippen LogP contribution in [0.1, 0.15) is 22.3 Å². The molecule has 27 heavy (non-hydrogen) atoms. The van der Waals surface area contributed by atoms with Crippen molar-refractivity contribution in [2.45, 2.75) is 5.41 Å².